The molecule has 0 atom stereocenters. The number of rotatable bonds is 0. The van der Waals surface area contributed by atoms with Gasteiger partial charge in [-0.15, -0.1) is 0 Å². The first-order valence-corrected chi connectivity index (χ1v) is 4.81. The van der Waals surface area contributed by atoms with Gasteiger partial charge >= 0.3 is 0 Å². The van der Waals surface area contributed by atoms with E-state index in [0.29, 0.717) is 0 Å². The summed E-state index contributed by atoms with van der Waals surface area (Å²) in [6.45, 7) is 3.94. The smallest absolute Gasteiger partial charge is 0.264 e. The van der Waals surface area contributed by atoms with Gasteiger partial charge in [-0.05, 0) is 31.0 Å². The first kappa shape index (κ1) is 9.83. The van der Waals surface area contributed by atoms with Gasteiger partial charge in [-0.3, -0.25) is 4.79 Å². The zero-order valence-corrected chi connectivity index (χ0v) is 9.13. The second-order valence-electron chi connectivity index (χ2n) is 3.82. The Morgan fingerprint density at radius 1 is 1.47 bits per heavy atom. The molecule has 0 aliphatic carbocycles. The molecule has 1 aromatic rings. The molecule has 0 unspecified atom stereocenters. The van der Waals surface area contributed by atoms with E-state index in [-0.39, 0.29) is 12.5 Å². The number of anilines is 2. The Balaban J connectivity index is 2.67. The van der Waals surface area contributed by atoms with E-state index < -0.39 is 0 Å². The lowest BCUT2D eigenvalue weighted by atomic mass is 10.0. The number of carbonyl (C=O) groups is 1. The van der Waals surface area contributed by atoms with Crippen LogP contribution < -0.4 is 15.4 Å². The van der Waals surface area contributed by atoms with Crippen molar-refractivity contribution >= 4 is 17.3 Å². The lowest BCUT2D eigenvalue weighted by molar-refractivity contribution is -0.121. The molecule has 2 rings (SSSR count). The first-order valence-electron chi connectivity index (χ1n) is 4.81. The fraction of sp³-hybridized carbons (Fsp3) is 0.364. The topological polar surface area (TPSA) is 55.6 Å². The zero-order valence-electron chi connectivity index (χ0n) is 9.13. The second kappa shape index (κ2) is 3.15. The van der Waals surface area contributed by atoms with Gasteiger partial charge in [0.15, 0.2) is 6.61 Å². The molecule has 0 saturated carbocycles. The van der Waals surface area contributed by atoms with Crippen molar-refractivity contribution in [2.45, 2.75) is 13.8 Å². The highest BCUT2D eigenvalue weighted by Crippen LogP contribution is 2.39. The van der Waals surface area contributed by atoms with Gasteiger partial charge < -0.3 is 15.4 Å². The number of nitrogens with two attached hydrogens (primary N) is 1. The Labute approximate surface area is 88.6 Å². The normalized spacial score (nSPS) is 14.9. The maximum atomic E-state index is 11.5. The van der Waals surface area contributed by atoms with Crippen LogP contribution in [0.2, 0.25) is 0 Å². The second-order valence-corrected chi connectivity index (χ2v) is 3.82. The van der Waals surface area contributed by atoms with Gasteiger partial charge in [-0.1, -0.05) is 0 Å². The molecular weight excluding hydrogens is 192 g/mol. The van der Waals surface area contributed by atoms with Gasteiger partial charge in [0.1, 0.15) is 5.75 Å². The lowest BCUT2D eigenvalue weighted by Gasteiger charge is -2.28. The van der Waals surface area contributed by atoms with Crippen molar-refractivity contribution in [2.24, 2.45) is 0 Å². The Bertz CT molecular complexity index is 441. The summed E-state index contributed by atoms with van der Waals surface area (Å²) in [4.78, 5) is 13.1. The standard InChI is InChI=1S/C11H14N2O2/c1-6-4-8-11(7(2)10(6)12)13(3)9(14)5-15-8/h4H,5,12H2,1-3H3. The highest BCUT2D eigenvalue weighted by Gasteiger charge is 2.25. The van der Waals surface area contributed by atoms with E-state index in [2.05, 4.69) is 0 Å². The van der Waals surface area contributed by atoms with E-state index in [4.69, 9.17) is 10.5 Å². The minimum Gasteiger partial charge on any atom is -0.482 e. The molecule has 1 amide bonds. The average molecular weight is 206 g/mol. The molecule has 1 aliphatic heterocycles. The molecule has 4 heteroatoms. The molecule has 2 N–H and O–H groups in total. The third-order valence-electron chi connectivity index (χ3n) is 2.83. The molecule has 0 fully saturated rings. The Kier molecular flexibility index (Phi) is 2.07. The summed E-state index contributed by atoms with van der Waals surface area (Å²) >= 11 is 0. The van der Waals surface area contributed by atoms with Gasteiger partial charge in [-0.2, -0.15) is 0 Å². The van der Waals surface area contributed by atoms with Crippen LogP contribution in [0.1, 0.15) is 11.1 Å². The number of carbonyl (C=O) groups excluding carboxylic acids is 1. The van der Waals surface area contributed by atoms with Crippen LogP contribution in [0.15, 0.2) is 6.07 Å². The van der Waals surface area contributed by atoms with Crippen LogP contribution >= 0.6 is 0 Å². The van der Waals surface area contributed by atoms with Gasteiger partial charge in [-0.25, -0.2) is 0 Å². The zero-order chi connectivity index (χ0) is 11.2. The van der Waals surface area contributed by atoms with Crippen molar-refractivity contribution in [3.63, 3.8) is 0 Å². The number of nitrogens with zero attached hydrogens (tertiary/aromatic N) is 1. The summed E-state index contributed by atoms with van der Waals surface area (Å²) in [6.07, 6.45) is 0. The van der Waals surface area contributed by atoms with E-state index >= 15 is 0 Å². The number of nitrogen functional groups attached to an aromatic ring is 1. The Morgan fingerprint density at radius 3 is 2.80 bits per heavy atom. The van der Waals surface area contributed by atoms with Crippen molar-refractivity contribution in [1.29, 1.82) is 0 Å². The molecule has 0 saturated heterocycles. The van der Waals surface area contributed by atoms with Crippen LogP contribution in [-0.4, -0.2) is 19.6 Å². The van der Waals surface area contributed by atoms with E-state index in [0.717, 1.165) is 28.3 Å². The van der Waals surface area contributed by atoms with Crippen molar-refractivity contribution in [3.8, 4) is 5.75 Å². The summed E-state index contributed by atoms with van der Waals surface area (Å²) in [5, 5.41) is 0. The Hall–Kier alpha value is -1.71. The molecule has 80 valence electrons. The molecular formula is C11H14N2O2. The molecule has 0 bridgehead atoms. The summed E-state index contributed by atoms with van der Waals surface area (Å²) in [6, 6.07) is 1.88. The molecule has 0 aromatic heterocycles. The highest BCUT2D eigenvalue weighted by molar-refractivity contribution is 5.99. The number of aryl methyl sites for hydroxylation is 1. The minimum atomic E-state index is -0.0474. The van der Waals surface area contributed by atoms with Crippen molar-refractivity contribution in [3.05, 3.63) is 17.2 Å². The quantitative estimate of drug-likeness (QED) is 0.650. The van der Waals surface area contributed by atoms with Crippen molar-refractivity contribution < 1.29 is 9.53 Å². The predicted octanol–water partition coefficient (Wildman–Crippen LogP) is 1.24. The molecule has 0 radical (unpaired) electrons. The van der Waals surface area contributed by atoms with Crippen molar-refractivity contribution in [2.75, 3.05) is 24.3 Å². The number of likely N-dealkylation sites (N-methyl/N-ethyl adjacent to an activating group) is 1. The summed E-state index contributed by atoms with van der Waals surface area (Å²) in [7, 11) is 1.74. The predicted molar refractivity (Wildman–Crippen MR) is 59.2 cm³/mol. The number of hydrogen-bond donors (Lipinski definition) is 1. The van der Waals surface area contributed by atoms with Crippen LogP contribution in [-0.2, 0) is 4.79 Å². The first-order chi connectivity index (χ1) is 7.02. The number of hydrogen-bond acceptors (Lipinski definition) is 3. The molecule has 0 spiro atoms. The van der Waals surface area contributed by atoms with Gasteiger partial charge in [0.25, 0.3) is 5.91 Å². The van der Waals surface area contributed by atoms with Crippen LogP contribution in [0, 0.1) is 13.8 Å². The molecule has 1 aliphatic rings. The van der Waals surface area contributed by atoms with E-state index in [1.54, 1.807) is 11.9 Å². The largest absolute Gasteiger partial charge is 0.482 e. The number of ether oxygens (including phenoxy) is 1. The maximum Gasteiger partial charge on any atom is 0.264 e. The van der Waals surface area contributed by atoms with Gasteiger partial charge in [0.2, 0.25) is 0 Å². The van der Waals surface area contributed by atoms with Crippen LogP contribution in [0.25, 0.3) is 0 Å². The number of amides is 1. The van der Waals surface area contributed by atoms with Crippen LogP contribution in [0.3, 0.4) is 0 Å². The van der Waals surface area contributed by atoms with Gasteiger partial charge in [0.05, 0.1) is 5.69 Å². The van der Waals surface area contributed by atoms with Crippen molar-refractivity contribution in [1.82, 2.24) is 0 Å². The van der Waals surface area contributed by atoms with E-state index in [1.807, 2.05) is 19.9 Å². The molecule has 4 nitrogen and oxygen atoms in total. The average Bonchev–Trinajstić information content (AvgIpc) is 2.20. The monoisotopic (exact) mass is 206 g/mol. The van der Waals surface area contributed by atoms with E-state index in [1.165, 1.54) is 0 Å². The SMILES string of the molecule is Cc1cc2c(c(C)c1N)N(C)C(=O)CO2. The number of benzene rings is 1. The molecule has 15 heavy (non-hydrogen) atoms. The number of fused-ring (bicyclic) bond motifs is 1. The van der Waals surface area contributed by atoms with Crippen LogP contribution in [0.5, 0.6) is 5.75 Å². The maximum absolute atomic E-state index is 11.5. The van der Waals surface area contributed by atoms with E-state index in [9.17, 15) is 4.79 Å². The fourth-order valence-electron chi connectivity index (χ4n) is 1.84. The molecule has 1 heterocycles. The third kappa shape index (κ3) is 1.33. The summed E-state index contributed by atoms with van der Waals surface area (Å²) in [5.41, 5.74) is 9.31. The molecule has 1 aromatic carbocycles. The summed E-state index contributed by atoms with van der Waals surface area (Å²) in [5.74, 6) is 0.690. The van der Waals surface area contributed by atoms with Crippen LogP contribution in [0.4, 0.5) is 11.4 Å². The summed E-state index contributed by atoms with van der Waals surface area (Å²) < 4.78 is 5.38. The minimum absolute atomic E-state index is 0.0474. The van der Waals surface area contributed by atoms with Gasteiger partial charge in [0, 0.05) is 12.7 Å². The Morgan fingerprint density at radius 2 is 2.13 bits per heavy atom. The third-order valence-corrected chi connectivity index (χ3v) is 2.83. The fourth-order valence-corrected chi connectivity index (χ4v) is 1.84. The lowest BCUT2D eigenvalue weighted by Crippen LogP contribution is -2.36. The highest BCUT2D eigenvalue weighted by atomic mass is 16.5.